The third kappa shape index (κ3) is 3.25. The van der Waals surface area contributed by atoms with E-state index in [1.54, 1.807) is 24.3 Å². The molecule has 3 heterocycles. The average Bonchev–Trinajstić information content (AvgIpc) is 3.36. The highest BCUT2D eigenvalue weighted by Gasteiger charge is 2.58. The summed E-state index contributed by atoms with van der Waals surface area (Å²) in [4.78, 5) is 28.3. The molecule has 1 aliphatic carbocycles. The highest BCUT2D eigenvalue weighted by Crippen LogP contribution is 2.53. The minimum atomic E-state index is -1.17. The van der Waals surface area contributed by atoms with E-state index in [0.717, 1.165) is 11.0 Å². The Balaban J connectivity index is 1.55. The molecule has 0 unspecified atom stereocenters. The molecule has 2 aliphatic heterocycles. The van der Waals surface area contributed by atoms with Crippen LogP contribution in [0.3, 0.4) is 0 Å². The maximum atomic E-state index is 13.6. The number of allylic oxidation sites excluding steroid dienone is 2. The van der Waals surface area contributed by atoms with Crippen LogP contribution in [0.15, 0.2) is 57.9 Å². The number of hydrogen-bond donors (Lipinski definition) is 2. The predicted octanol–water partition coefficient (Wildman–Crippen LogP) is 3.03. The van der Waals surface area contributed by atoms with E-state index in [-0.39, 0.29) is 30.3 Å². The Morgan fingerprint density at radius 3 is 2.50 bits per heavy atom. The monoisotopic (exact) mass is 435 g/mol. The number of amides is 2. The van der Waals surface area contributed by atoms with Gasteiger partial charge in [-0.15, -0.1) is 0 Å². The Hall–Kier alpha value is -2.68. The summed E-state index contributed by atoms with van der Waals surface area (Å²) in [6.45, 7) is 3.84. The molecule has 0 bridgehead atoms. The van der Waals surface area contributed by atoms with Crippen molar-refractivity contribution in [1.29, 1.82) is 0 Å². The van der Waals surface area contributed by atoms with Gasteiger partial charge in [0.1, 0.15) is 24.2 Å². The van der Waals surface area contributed by atoms with E-state index >= 15 is 0 Å². The number of aliphatic hydroxyl groups excluding tert-OH is 1. The number of carbonyl (C=O) groups excluding carboxylic acids is 2. The van der Waals surface area contributed by atoms with Crippen LogP contribution in [0.4, 0.5) is 5.69 Å². The topological polar surface area (TPSA) is 100 Å². The Bertz CT molecular complexity index is 1080. The average molecular weight is 435 g/mol. The third-order valence-corrected chi connectivity index (χ3v) is 7.01. The number of hydrogen-bond acceptors (Lipinski definition) is 6. The lowest BCUT2D eigenvalue weighted by atomic mass is 9.54. The van der Waals surface area contributed by atoms with E-state index < -0.39 is 25.1 Å². The number of rotatable bonds is 4. The minimum Gasteiger partial charge on any atom is -0.461 e. The van der Waals surface area contributed by atoms with Crippen molar-refractivity contribution in [2.45, 2.75) is 39.4 Å². The molecule has 4 atom stereocenters. The van der Waals surface area contributed by atoms with Crippen LogP contribution in [-0.2, 0) is 20.9 Å². The normalized spacial score (nSPS) is 27.9. The van der Waals surface area contributed by atoms with Gasteiger partial charge in [-0.2, -0.15) is 0 Å². The third-order valence-electron chi connectivity index (χ3n) is 7.01. The summed E-state index contributed by atoms with van der Waals surface area (Å²) >= 11 is 0. The van der Waals surface area contributed by atoms with Crippen molar-refractivity contribution in [2.75, 3.05) is 4.90 Å². The number of anilines is 1. The largest absolute Gasteiger partial charge is 0.487 e. The predicted molar refractivity (Wildman–Crippen MR) is 117 cm³/mol. The fourth-order valence-corrected chi connectivity index (χ4v) is 5.57. The van der Waals surface area contributed by atoms with E-state index in [1.807, 2.05) is 32.0 Å². The molecule has 2 saturated heterocycles. The smallest absolute Gasteiger partial charge is 0.461 e. The van der Waals surface area contributed by atoms with E-state index in [9.17, 15) is 19.7 Å². The molecule has 2 amide bonds. The van der Waals surface area contributed by atoms with E-state index in [2.05, 4.69) is 0 Å². The SMILES string of the molecule is CC(C)C1=C2B(O)O[C@H](c3ccc(CO)o3)C[C@H]2[C@H]2C(=O)N(c3ccccc3)C(=O)[C@H]2C1. The molecule has 32 heavy (non-hydrogen) atoms. The van der Waals surface area contributed by atoms with Gasteiger partial charge < -0.3 is 19.2 Å². The van der Waals surface area contributed by atoms with Crippen LogP contribution in [0, 0.1) is 23.7 Å². The Labute approximate surface area is 186 Å². The summed E-state index contributed by atoms with van der Waals surface area (Å²) in [5.41, 5.74) is 2.31. The molecular formula is C24H26BNO6. The second-order valence-corrected chi connectivity index (χ2v) is 9.10. The molecule has 8 heteroatoms. The first-order valence-electron chi connectivity index (χ1n) is 11.1. The van der Waals surface area contributed by atoms with Crippen molar-refractivity contribution in [3.8, 4) is 0 Å². The first kappa shape index (κ1) is 21.2. The van der Waals surface area contributed by atoms with Crippen molar-refractivity contribution in [3.05, 3.63) is 65.0 Å². The van der Waals surface area contributed by atoms with E-state index in [4.69, 9.17) is 9.07 Å². The van der Waals surface area contributed by atoms with Gasteiger partial charge in [0.15, 0.2) is 0 Å². The zero-order chi connectivity index (χ0) is 22.6. The second kappa shape index (κ2) is 8.03. The van der Waals surface area contributed by atoms with Crippen molar-refractivity contribution >= 4 is 24.6 Å². The van der Waals surface area contributed by atoms with Gasteiger partial charge in [-0.3, -0.25) is 14.5 Å². The molecule has 2 aromatic rings. The fraction of sp³-hybridized carbons (Fsp3) is 0.417. The second-order valence-electron chi connectivity index (χ2n) is 9.10. The molecule has 166 valence electrons. The number of nitrogens with zero attached hydrogens (tertiary/aromatic N) is 1. The molecule has 0 spiro atoms. The maximum absolute atomic E-state index is 13.6. The molecule has 5 rings (SSSR count). The van der Waals surface area contributed by atoms with Crippen LogP contribution in [0.1, 0.15) is 44.3 Å². The van der Waals surface area contributed by atoms with E-state index in [1.165, 1.54) is 4.90 Å². The molecule has 2 N–H and O–H groups in total. The highest BCUT2D eigenvalue weighted by atomic mass is 16.5. The Morgan fingerprint density at radius 2 is 1.84 bits per heavy atom. The molecule has 3 aliphatic rings. The number of imide groups is 1. The van der Waals surface area contributed by atoms with Gasteiger partial charge in [0.2, 0.25) is 11.8 Å². The first-order chi connectivity index (χ1) is 15.4. The van der Waals surface area contributed by atoms with Crippen molar-refractivity contribution in [2.24, 2.45) is 23.7 Å². The van der Waals surface area contributed by atoms with Crippen LogP contribution >= 0.6 is 0 Å². The standard InChI is InChI=1S/C24H26BNO6/c1-13(2)16-10-18-21(24(29)26(23(18)28)14-6-4-3-5-7-14)17-11-20(32-25(30)22(16)17)19-9-8-15(12-27)31-19/h3-9,13,17-18,20-21,27,30H,10-12H2,1-2H3/t17-,18-,20-,21+/m0/s1. The quantitative estimate of drug-likeness (QED) is 0.566. The van der Waals surface area contributed by atoms with Crippen molar-refractivity contribution in [3.63, 3.8) is 0 Å². The lowest BCUT2D eigenvalue weighted by molar-refractivity contribution is -0.123. The van der Waals surface area contributed by atoms with Gasteiger partial charge in [-0.05, 0) is 54.4 Å². The number of furan rings is 1. The van der Waals surface area contributed by atoms with Crippen LogP contribution in [0.5, 0.6) is 0 Å². The number of fused-ring (bicyclic) bond motifs is 3. The zero-order valence-corrected chi connectivity index (χ0v) is 18.1. The number of para-hydroxylation sites is 1. The van der Waals surface area contributed by atoms with Crippen molar-refractivity contribution in [1.82, 2.24) is 0 Å². The summed E-state index contributed by atoms with van der Waals surface area (Å²) in [5, 5.41) is 20.3. The summed E-state index contributed by atoms with van der Waals surface area (Å²) < 4.78 is 11.6. The van der Waals surface area contributed by atoms with Crippen LogP contribution in [0.2, 0.25) is 0 Å². The zero-order valence-electron chi connectivity index (χ0n) is 18.1. The number of carbonyl (C=O) groups is 2. The molecule has 1 aromatic heterocycles. The molecule has 0 radical (unpaired) electrons. The van der Waals surface area contributed by atoms with Crippen molar-refractivity contribution < 1.29 is 28.8 Å². The Morgan fingerprint density at radius 1 is 1.09 bits per heavy atom. The molecule has 7 nitrogen and oxygen atoms in total. The van der Waals surface area contributed by atoms with Crippen LogP contribution < -0.4 is 4.90 Å². The number of benzene rings is 1. The highest BCUT2D eigenvalue weighted by molar-refractivity contribution is 6.53. The summed E-state index contributed by atoms with van der Waals surface area (Å²) in [6, 6.07) is 12.4. The summed E-state index contributed by atoms with van der Waals surface area (Å²) in [5.74, 6) is -0.711. The summed E-state index contributed by atoms with van der Waals surface area (Å²) in [7, 11) is -1.17. The lowest BCUT2D eigenvalue weighted by Crippen LogP contribution is -2.45. The molecule has 2 fully saturated rings. The lowest BCUT2D eigenvalue weighted by Gasteiger charge is -2.42. The maximum Gasteiger partial charge on any atom is 0.487 e. The molecule has 1 aromatic carbocycles. The first-order valence-corrected chi connectivity index (χ1v) is 11.1. The van der Waals surface area contributed by atoms with Gasteiger partial charge >= 0.3 is 7.12 Å². The van der Waals surface area contributed by atoms with Gasteiger partial charge in [0.05, 0.1) is 17.5 Å². The Kier molecular flexibility index (Phi) is 5.32. The van der Waals surface area contributed by atoms with Gasteiger partial charge in [0, 0.05) is 0 Å². The van der Waals surface area contributed by atoms with Crippen LogP contribution in [0.25, 0.3) is 0 Å². The fourth-order valence-electron chi connectivity index (χ4n) is 5.57. The van der Waals surface area contributed by atoms with Gasteiger partial charge in [0.25, 0.3) is 0 Å². The summed E-state index contributed by atoms with van der Waals surface area (Å²) in [6.07, 6.45) is 0.298. The van der Waals surface area contributed by atoms with Gasteiger partial charge in [-0.25, -0.2) is 0 Å². The van der Waals surface area contributed by atoms with Gasteiger partial charge in [-0.1, -0.05) is 37.6 Å². The van der Waals surface area contributed by atoms with E-state index in [0.29, 0.717) is 30.0 Å². The minimum absolute atomic E-state index is 0.113. The molecule has 0 saturated carbocycles. The number of aliphatic hydroxyl groups is 1. The molecular weight excluding hydrogens is 409 g/mol. The van der Waals surface area contributed by atoms with Crippen LogP contribution in [-0.4, -0.2) is 29.1 Å².